The quantitative estimate of drug-likeness (QED) is 0.391. The van der Waals surface area contributed by atoms with Gasteiger partial charge in [0.05, 0.1) is 10.2 Å². The molecule has 2 amide bonds. The number of nitrogens with zero attached hydrogens (tertiary/aromatic N) is 5. The lowest BCUT2D eigenvalue weighted by molar-refractivity contribution is -0.134. The predicted octanol–water partition coefficient (Wildman–Crippen LogP) is 3.84. The van der Waals surface area contributed by atoms with Crippen LogP contribution in [0.2, 0.25) is 0 Å². The summed E-state index contributed by atoms with van der Waals surface area (Å²) in [5.74, 6) is 1.24. The van der Waals surface area contributed by atoms with Gasteiger partial charge in [0.25, 0.3) is 0 Å². The van der Waals surface area contributed by atoms with Crippen molar-refractivity contribution in [2.24, 2.45) is 0 Å². The summed E-state index contributed by atoms with van der Waals surface area (Å²) in [6.45, 7) is 2.42. The molecule has 37 heavy (non-hydrogen) atoms. The number of likely N-dealkylation sites (tertiary alicyclic amines) is 1. The average Bonchev–Trinajstić information content (AvgIpc) is 3.65. The number of imidazole rings is 1. The summed E-state index contributed by atoms with van der Waals surface area (Å²) in [4.78, 5) is 46.6. The summed E-state index contributed by atoms with van der Waals surface area (Å²) in [5, 5.41) is 0. The van der Waals surface area contributed by atoms with Crippen LogP contribution < -0.4 is 9.77 Å². The first-order valence-corrected chi connectivity index (χ1v) is 13.7. The van der Waals surface area contributed by atoms with Crippen LogP contribution in [-0.2, 0) is 22.7 Å². The number of hydrogen-bond acceptors (Lipinski definition) is 5. The SMILES string of the molecule is O=C(CCC(=O)N1CCc2ccccc21)N1CCC(c2nccn2Cn2c(=O)sc3ccccc32)CC1. The Labute approximate surface area is 218 Å². The number of carbonyl (C=O) groups excluding carboxylic acids is 2. The molecule has 2 aromatic carbocycles. The van der Waals surface area contributed by atoms with Gasteiger partial charge in [-0.1, -0.05) is 41.7 Å². The van der Waals surface area contributed by atoms with Crippen LogP contribution in [0.3, 0.4) is 0 Å². The van der Waals surface area contributed by atoms with E-state index >= 15 is 0 Å². The smallest absolute Gasteiger partial charge is 0.309 e. The van der Waals surface area contributed by atoms with E-state index in [0.29, 0.717) is 26.3 Å². The minimum absolute atomic E-state index is 0.0198. The van der Waals surface area contributed by atoms with Crippen molar-refractivity contribution in [1.82, 2.24) is 19.0 Å². The first-order valence-electron chi connectivity index (χ1n) is 12.8. The summed E-state index contributed by atoms with van der Waals surface area (Å²) in [7, 11) is 0. The van der Waals surface area contributed by atoms with E-state index in [0.717, 1.165) is 41.0 Å². The lowest BCUT2D eigenvalue weighted by Gasteiger charge is -2.32. The number of thiazole rings is 1. The van der Waals surface area contributed by atoms with E-state index in [2.05, 4.69) is 15.6 Å². The third-order valence-electron chi connectivity index (χ3n) is 7.57. The Hall–Kier alpha value is -3.72. The van der Waals surface area contributed by atoms with Gasteiger partial charge in [-0.25, -0.2) is 4.98 Å². The Morgan fingerprint density at radius 2 is 1.70 bits per heavy atom. The summed E-state index contributed by atoms with van der Waals surface area (Å²) in [6.07, 6.45) is 6.69. The molecule has 2 aliphatic rings. The largest absolute Gasteiger partial charge is 0.343 e. The van der Waals surface area contributed by atoms with Gasteiger partial charge in [-0.3, -0.25) is 19.0 Å². The van der Waals surface area contributed by atoms with Crippen LogP contribution in [0.1, 0.15) is 43.0 Å². The minimum Gasteiger partial charge on any atom is -0.343 e. The second-order valence-electron chi connectivity index (χ2n) is 9.74. The number of piperidine rings is 1. The van der Waals surface area contributed by atoms with Gasteiger partial charge < -0.3 is 14.4 Å². The van der Waals surface area contributed by atoms with Crippen LogP contribution in [0.25, 0.3) is 10.2 Å². The third kappa shape index (κ3) is 4.59. The molecule has 0 bridgehead atoms. The van der Waals surface area contributed by atoms with Crippen LogP contribution in [0, 0.1) is 0 Å². The van der Waals surface area contributed by atoms with Crippen molar-refractivity contribution in [3.8, 4) is 0 Å². The van der Waals surface area contributed by atoms with E-state index in [-0.39, 0.29) is 35.4 Å². The molecule has 9 heteroatoms. The van der Waals surface area contributed by atoms with Gasteiger partial charge in [0.15, 0.2) is 0 Å². The zero-order chi connectivity index (χ0) is 25.4. The van der Waals surface area contributed by atoms with Gasteiger partial charge in [-0.05, 0) is 43.0 Å². The van der Waals surface area contributed by atoms with Gasteiger partial charge in [-0.15, -0.1) is 0 Å². The Balaban J connectivity index is 1.05. The van der Waals surface area contributed by atoms with Crippen LogP contribution in [0.4, 0.5) is 5.69 Å². The number of para-hydroxylation sites is 2. The van der Waals surface area contributed by atoms with Crippen molar-refractivity contribution in [2.45, 2.75) is 44.7 Å². The first-order chi connectivity index (χ1) is 18.1. The van der Waals surface area contributed by atoms with Gasteiger partial charge in [0.1, 0.15) is 12.5 Å². The fourth-order valence-corrected chi connectivity index (χ4v) is 6.48. The Bertz CT molecular complexity index is 1510. The lowest BCUT2D eigenvalue weighted by Crippen LogP contribution is -2.39. The fraction of sp³-hybridized carbons (Fsp3) is 0.357. The molecule has 1 saturated heterocycles. The van der Waals surface area contributed by atoms with Gasteiger partial charge >= 0.3 is 4.87 Å². The molecule has 0 unspecified atom stereocenters. The molecule has 8 nitrogen and oxygen atoms in total. The molecule has 4 heterocycles. The number of anilines is 1. The number of amides is 2. The highest BCUT2D eigenvalue weighted by Gasteiger charge is 2.28. The van der Waals surface area contributed by atoms with Crippen molar-refractivity contribution in [2.75, 3.05) is 24.5 Å². The van der Waals surface area contributed by atoms with E-state index in [4.69, 9.17) is 0 Å². The molecule has 0 spiro atoms. The van der Waals surface area contributed by atoms with E-state index in [1.54, 1.807) is 10.8 Å². The van der Waals surface area contributed by atoms with Gasteiger partial charge in [0, 0.05) is 56.5 Å². The molecular formula is C28H29N5O3S. The molecule has 4 aromatic rings. The van der Waals surface area contributed by atoms with Crippen molar-refractivity contribution >= 4 is 39.1 Å². The number of hydrogen-bond donors (Lipinski definition) is 0. The molecule has 0 N–H and O–H groups in total. The molecule has 0 aliphatic carbocycles. The summed E-state index contributed by atoms with van der Waals surface area (Å²) in [5.41, 5.74) is 3.11. The van der Waals surface area contributed by atoms with Crippen LogP contribution >= 0.6 is 11.3 Å². The molecule has 0 saturated carbocycles. The average molecular weight is 516 g/mol. The molecule has 2 aromatic heterocycles. The van der Waals surface area contributed by atoms with E-state index in [9.17, 15) is 14.4 Å². The molecule has 190 valence electrons. The highest BCUT2D eigenvalue weighted by molar-refractivity contribution is 7.16. The molecule has 6 rings (SSSR count). The van der Waals surface area contributed by atoms with E-state index in [1.165, 1.54) is 16.9 Å². The molecular weight excluding hydrogens is 486 g/mol. The van der Waals surface area contributed by atoms with Crippen LogP contribution in [-0.4, -0.2) is 50.5 Å². The number of aromatic nitrogens is 3. The number of rotatable bonds is 6. The zero-order valence-corrected chi connectivity index (χ0v) is 21.4. The van der Waals surface area contributed by atoms with Crippen molar-refractivity contribution in [1.29, 1.82) is 0 Å². The predicted molar refractivity (Wildman–Crippen MR) is 144 cm³/mol. The van der Waals surface area contributed by atoms with Crippen LogP contribution in [0.15, 0.2) is 65.7 Å². The zero-order valence-electron chi connectivity index (χ0n) is 20.6. The highest BCUT2D eigenvalue weighted by atomic mass is 32.1. The van der Waals surface area contributed by atoms with Crippen LogP contribution in [0.5, 0.6) is 0 Å². The maximum Gasteiger partial charge on any atom is 0.309 e. The Morgan fingerprint density at radius 1 is 0.946 bits per heavy atom. The number of fused-ring (bicyclic) bond motifs is 2. The van der Waals surface area contributed by atoms with Crippen molar-refractivity contribution in [3.05, 3.63) is 82.0 Å². The standard InChI is InChI=1S/C28H29N5O3S/c34-25(9-10-26(35)32-17-13-20-5-1-2-6-22(20)32)30-15-11-21(12-16-30)27-29-14-18-31(27)19-33-23-7-3-4-8-24(23)37-28(33)36/h1-8,14,18,21H,9-13,15-17,19H2. The van der Waals surface area contributed by atoms with Crippen molar-refractivity contribution in [3.63, 3.8) is 0 Å². The van der Waals surface area contributed by atoms with Gasteiger partial charge in [-0.2, -0.15) is 0 Å². The number of carbonyl (C=O) groups is 2. The highest BCUT2D eigenvalue weighted by Crippen LogP contribution is 2.30. The minimum atomic E-state index is 0.0198. The summed E-state index contributed by atoms with van der Waals surface area (Å²) < 4.78 is 4.82. The maximum atomic E-state index is 12.9. The maximum absolute atomic E-state index is 12.9. The van der Waals surface area contributed by atoms with E-state index in [1.807, 2.05) is 58.5 Å². The first kappa shape index (κ1) is 23.7. The second kappa shape index (κ2) is 9.97. The van der Waals surface area contributed by atoms with Gasteiger partial charge in [0.2, 0.25) is 11.8 Å². The monoisotopic (exact) mass is 515 g/mol. The summed E-state index contributed by atoms with van der Waals surface area (Å²) in [6, 6.07) is 15.8. The normalized spacial score (nSPS) is 15.9. The Morgan fingerprint density at radius 3 is 2.57 bits per heavy atom. The van der Waals surface area contributed by atoms with Crippen molar-refractivity contribution < 1.29 is 9.59 Å². The lowest BCUT2D eigenvalue weighted by atomic mass is 9.95. The Kier molecular flexibility index (Phi) is 6.38. The molecule has 0 radical (unpaired) electrons. The topological polar surface area (TPSA) is 80.4 Å². The molecule has 1 fully saturated rings. The second-order valence-corrected chi connectivity index (χ2v) is 10.7. The number of benzene rings is 2. The molecule has 0 atom stereocenters. The molecule has 2 aliphatic heterocycles. The summed E-state index contributed by atoms with van der Waals surface area (Å²) >= 11 is 1.26. The fourth-order valence-electron chi connectivity index (χ4n) is 5.59. The third-order valence-corrected chi connectivity index (χ3v) is 8.53. The van der Waals surface area contributed by atoms with E-state index < -0.39 is 0 Å².